The van der Waals surface area contributed by atoms with Crippen molar-refractivity contribution < 1.29 is 0 Å². The average molecular weight is 343 g/mol. The summed E-state index contributed by atoms with van der Waals surface area (Å²) in [6.07, 6.45) is 2.94. The van der Waals surface area contributed by atoms with Crippen molar-refractivity contribution in [1.82, 2.24) is 4.98 Å². The highest BCUT2D eigenvalue weighted by Crippen LogP contribution is 2.44. The highest BCUT2D eigenvalue weighted by atomic mass is 32.2. The second-order valence-corrected chi connectivity index (χ2v) is 7.40. The minimum absolute atomic E-state index is 0.970. The molecule has 0 saturated carbocycles. The summed E-state index contributed by atoms with van der Waals surface area (Å²) in [6.45, 7) is 5.29. The smallest absolute Gasteiger partial charge is 0.129 e. The maximum absolute atomic E-state index is 4.53. The number of nitrogens with one attached hydrogen (secondary N) is 2. The lowest BCUT2D eigenvalue weighted by Crippen LogP contribution is -2.00. The highest BCUT2D eigenvalue weighted by Gasteiger charge is 2.17. The fourth-order valence-corrected chi connectivity index (χ4v) is 4.30. The Hall–Kier alpha value is -2.72. The van der Waals surface area contributed by atoms with Crippen molar-refractivity contribution in [2.45, 2.75) is 16.2 Å². The lowest BCUT2D eigenvalue weighted by molar-refractivity contribution is 1.10. The molecule has 2 aliphatic rings. The zero-order valence-corrected chi connectivity index (χ0v) is 14.5. The molecule has 0 unspecified atom stereocenters. The first-order valence-electron chi connectivity index (χ1n) is 8.38. The zero-order valence-electron chi connectivity index (χ0n) is 13.7. The summed E-state index contributed by atoms with van der Waals surface area (Å²) in [7, 11) is 0. The van der Waals surface area contributed by atoms with E-state index in [-0.39, 0.29) is 0 Å². The number of aromatic nitrogens is 1. The topological polar surface area (TPSA) is 37.0 Å². The fraction of sp³-hybridized carbons (Fsp3) is 0.0952. The third kappa shape index (κ3) is 2.50. The van der Waals surface area contributed by atoms with Crippen LogP contribution < -0.4 is 10.6 Å². The average Bonchev–Trinajstić information content (AvgIpc) is 3.13. The Balaban J connectivity index is 1.49. The van der Waals surface area contributed by atoms with E-state index >= 15 is 0 Å². The molecule has 0 aliphatic carbocycles. The standard InChI is InChI=1S/C21H17N3S/c1-13(16-10-15-8-9-22-21(15)23-12-16)14-6-7-20-18(11-14)24-17-4-2-3-5-19(17)25-20/h2-7,10-12,24H,1,8-9H2,(H,22,23). The number of nitrogens with zero attached hydrogens (tertiary/aromatic N) is 1. The summed E-state index contributed by atoms with van der Waals surface area (Å²) in [4.78, 5) is 7.03. The van der Waals surface area contributed by atoms with E-state index < -0.39 is 0 Å². The van der Waals surface area contributed by atoms with Gasteiger partial charge in [-0.3, -0.25) is 0 Å². The van der Waals surface area contributed by atoms with Crippen LogP contribution in [0.25, 0.3) is 5.57 Å². The molecule has 3 heterocycles. The molecule has 3 aromatic rings. The maximum Gasteiger partial charge on any atom is 0.129 e. The molecule has 2 aliphatic heterocycles. The number of rotatable bonds is 2. The molecule has 2 N–H and O–H groups in total. The number of pyridine rings is 1. The van der Waals surface area contributed by atoms with Gasteiger partial charge >= 0.3 is 0 Å². The summed E-state index contributed by atoms with van der Waals surface area (Å²) in [6, 6.07) is 17.1. The van der Waals surface area contributed by atoms with Gasteiger partial charge in [-0.1, -0.05) is 36.5 Å². The van der Waals surface area contributed by atoms with Crippen LogP contribution >= 0.6 is 11.8 Å². The van der Waals surface area contributed by atoms with E-state index in [2.05, 4.69) is 70.7 Å². The zero-order chi connectivity index (χ0) is 16.8. The molecule has 3 nitrogen and oxygen atoms in total. The second kappa shape index (κ2) is 5.67. The lowest BCUT2D eigenvalue weighted by Gasteiger charge is -2.21. The predicted octanol–water partition coefficient (Wildman–Crippen LogP) is 5.32. The van der Waals surface area contributed by atoms with Gasteiger partial charge in [0, 0.05) is 28.1 Å². The molecular weight excluding hydrogens is 326 g/mol. The van der Waals surface area contributed by atoms with Gasteiger partial charge in [0.2, 0.25) is 0 Å². The van der Waals surface area contributed by atoms with Crippen LogP contribution in [-0.4, -0.2) is 11.5 Å². The molecule has 0 spiro atoms. The number of benzene rings is 2. The first kappa shape index (κ1) is 14.6. The van der Waals surface area contributed by atoms with Crippen molar-refractivity contribution in [3.63, 3.8) is 0 Å². The van der Waals surface area contributed by atoms with Crippen LogP contribution in [0.3, 0.4) is 0 Å². The Bertz CT molecular complexity index is 1010. The monoisotopic (exact) mass is 343 g/mol. The van der Waals surface area contributed by atoms with Crippen molar-refractivity contribution in [2.75, 3.05) is 17.2 Å². The quantitative estimate of drug-likeness (QED) is 0.516. The third-order valence-electron chi connectivity index (χ3n) is 4.71. The van der Waals surface area contributed by atoms with Gasteiger partial charge < -0.3 is 10.6 Å². The second-order valence-electron chi connectivity index (χ2n) is 6.32. The molecule has 0 fully saturated rings. The van der Waals surface area contributed by atoms with E-state index in [0.717, 1.165) is 46.9 Å². The maximum atomic E-state index is 4.53. The number of anilines is 3. The minimum Gasteiger partial charge on any atom is -0.370 e. The van der Waals surface area contributed by atoms with Crippen LogP contribution in [0.4, 0.5) is 17.2 Å². The Labute approximate surface area is 151 Å². The van der Waals surface area contributed by atoms with Crippen LogP contribution in [0.15, 0.2) is 71.1 Å². The molecule has 4 heteroatoms. The van der Waals surface area contributed by atoms with Crippen molar-refractivity contribution in [1.29, 1.82) is 0 Å². The van der Waals surface area contributed by atoms with Gasteiger partial charge in [0.05, 0.1) is 11.4 Å². The van der Waals surface area contributed by atoms with E-state index in [0.29, 0.717) is 0 Å². The Kier molecular flexibility index (Phi) is 3.31. The van der Waals surface area contributed by atoms with Crippen molar-refractivity contribution in [2.24, 2.45) is 0 Å². The van der Waals surface area contributed by atoms with Gasteiger partial charge in [0.15, 0.2) is 0 Å². The van der Waals surface area contributed by atoms with Crippen LogP contribution in [0, 0.1) is 0 Å². The first-order chi connectivity index (χ1) is 12.3. The molecule has 122 valence electrons. The van der Waals surface area contributed by atoms with Gasteiger partial charge in [-0.25, -0.2) is 4.98 Å². The summed E-state index contributed by atoms with van der Waals surface area (Å²) in [5.41, 5.74) is 6.80. The largest absolute Gasteiger partial charge is 0.370 e. The molecule has 0 amide bonds. The van der Waals surface area contributed by atoms with Crippen molar-refractivity contribution >= 4 is 34.5 Å². The van der Waals surface area contributed by atoms with Gasteiger partial charge in [0.1, 0.15) is 5.82 Å². The predicted molar refractivity (Wildman–Crippen MR) is 105 cm³/mol. The summed E-state index contributed by atoms with van der Waals surface area (Å²) in [5.74, 6) is 1.01. The van der Waals surface area contributed by atoms with Crippen molar-refractivity contribution in [3.8, 4) is 0 Å². The molecule has 25 heavy (non-hydrogen) atoms. The van der Waals surface area contributed by atoms with Crippen LogP contribution in [0.5, 0.6) is 0 Å². The molecule has 0 atom stereocenters. The molecule has 0 bridgehead atoms. The SMILES string of the molecule is C=C(c1cnc2c(c1)CCN2)c1ccc2c(c1)Nc1ccccc1S2. The summed E-state index contributed by atoms with van der Waals surface area (Å²) in [5, 5.41) is 6.84. The molecule has 0 saturated heterocycles. The van der Waals surface area contributed by atoms with Gasteiger partial charge in [-0.15, -0.1) is 0 Å². The first-order valence-corrected chi connectivity index (χ1v) is 9.20. The highest BCUT2D eigenvalue weighted by molar-refractivity contribution is 7.99. The van der Waals surface area contributed by atoms with Crippen molar-refractivity contribution in [3.05, 3.63) is 78.0 Å². The van der Waals surface area contributed by atoms with Gasteiger partial charge in [-0.05, 0) is 53.5 Å². The molecule has 0 radical (unpaired) electrons. The lowest BCUT2D eigenvalue weighted by atomic mass is 9.99. The molecule has 2 aromatic carbocycles. The van der Waals surface area contributed by atoms with Gasteiger partial charge in [0.25, 0.3) is 0 Å². The van der Waals surface area contributed by atoms with E-state index in [1.807, 2.05) is 6.20 Å². The minimum atomic E-state index is 0.970. The molecule has 5 rings (SSSR count). The number of fused-ring (bicyclic) bond motifs is 3. The summed E-state index contributed by atoms with van der Waals surface area (Å²) >= 11 is 1.80. The Morgan fingerprint density at radius 1 is 1.00 bits per heavy atom. The molecular formula is C21H17N3S. The van der Waals surface area contributed by atoms with E-state index in [9.17, 15) is 0 Å². The Morgan fingerprint density at radius 2 is 1.88 bits per heavy atom. The van der Waals surface area contributed by atoms with E-state index in [4.69, 9.17) is 0 Å². The van der Waals surface area contributed by atoms with Crippen LogP contribution in [-0.2, 0) is 6.42 Å². The Morgan fingerprint density at radius 3 is 2.84 bits per heavy atom. The fourth-order valence-electron chi connectivity index (χ4n) is 3.33. The van der Waals surface area contributed by atoms with Gasteiger partial charge in [-0.2, -0.15) is 0 Å². The summed E-state index contributed by atoms with van der Waals surface area (Å²) < 4.78 is 0. The number of hydrogen-bond donors (Lipinski definition) is 2. The third-order valence-corrected chi connectivity index (χ3v) is 5.86. The van der Waals surface area contributed by atoms with Crippen LogP contribution in [0.2, 0.25) is 0 Å². The number of hydrogen-bond acceptors (Lipinski definition) is 4. The van der Waals surface area contributed by atoms with E-state index in [1.54, 1.807) is 11.8 Å². The van der Waals surface area contributed by atoms with E-state index in [1.165, 1.54) is 15.4 Å². The normalized spacial score (nSPS) is 13.9. The molecule has 1 aromatic heterocycles. The van der Waals surface area contributed by atoms with Crippen LogP contribution in [0.1, 0.15) is 16.7 Å². The number of para-hydroxylation sites is 1.